The fourth-order valence-electron chi connectivity index (χ4n) is 2.13. The lowest BCUT2D eigenvalue weighted by Crippen LogP contribution is -2.21. The molecule has 1 aliphatic rings. The van der Waals surface area contributed by atoms with Crippen molar-refractivity contribution in [3.8, 4) is 0 Å². The number of aromatic nitrogens is 2. The van der Waals surface area contributed by atoms with Crippen LogP contribution in [-0.2, 0) is 12.6 Å². The van der Waals surface area contributed by atoms with Crippen LogP contribution in [0.1, 0.15) is 23.2 Å². The Hall–Kier alpha value is -2.05. The van der Waals surface area contributed by atoms with Gasteiger partial charge in [-0.1, -0.05) is 23.4 Å². The van der Waals surface area contributed by atoms with Crippen molar-refractivity contribution < 1.29 is 17.7 Å². The molecule has 0 fully saturated rings. The predicted octanol–water partition coefficient (Wildman–Crippen LogP) is 2.84. The number of alkyl halides is 3. The topological polar surface area (TPSA) is 51.0 Å². The highest BCUT2D eigenvalue weighted by molar-refractivity contribution is 5.53. The zero-order valence-electron chi connectivity index (χ0n) is 9.74. The summed E-state index contributed by atoms with van der Waals surface area (Å²) in [6.45, 7) is 0.483. The Bertz CT molecular complexity index is 594. The molecule has 0 spiro atoms. The second kappa shape index (κ2) is 4.25. The van der Waals surface area contributed by atoms with Gasteiger partial charge in [-0.15, -0.1) is 0 Å². The van der Waals surface area contributed by atoms with Gasteiger partial charge in [0.15, 0.2) is 0 Å². The van der Waals surface area contributed by atoms with Gasteiger partial charge >= 0.3 is 6.18 Å². The molecule has 7 heteroatoms. The molecule has 1 aliphatic heterocycles. The molecule has 0 radical (unpaired) electrons. The van der Waals surface area contributed by atoms with E-state index in [1.807, 2.05) is 24.3 Å². The quantitative estimate of drug-likeness (QED) is 0.864. The molecule has 100 valence electrons. The monoisotopic (exact) mass is 269 g/mol. The van der Waals surface area contributed by atoms with Crippen LogP contribution in [0.5, 0.6) is 0 Å². The van der Waals surface area contributed by atoms with E-state index in [4.69, 9.17) is 4.52 Å². The minimum absolute atomic E-state index is 0.0225. The van der Waals surface area contributed by atoms with E-state index >= 15 is 0 Å². The number of nitrogens with one attached hydrogen (secondary N) is 1. The van der Waals surface area contributed by atoms with Gasteiger partial charge in [0.1, 0.15) is 0 Å². The number of anilines is 1. The average Bonchev–Trinajstić information content (AvgIpc) is 2.87. The summed E-state index contributed by atoms with van der Waals surface area (Å²) < 4.78 is 41.9. The summed E-state index contributed by atoms with van der Waals surface area (Å²) in [6, 6.07) is 7.65. The highest BCUT2D eigenvalue weighted by Crippen LogP contribution is 2.32. The Morgan fingerprint density at radius 3 is 2.79 bits per heavy atom. The van der Waals surface area contributed by atoms with Crippen molar-refractivity contribution >= 4 is 5.69 Å². The molecule has 1 aromatic heterocycles. The highest BCUT2D eigenvalue weighted by Gasteiger charge is 2.38. The van der Waals surface area contributed by atoms with Crippen LogP contribution in [0.15, 0.2) is 28.8 Å². The third-order valence-electron chi connectivity index (χ3n) is 3.07. The van der Waals surface area contributed by atoms with Crippen molar-refractivity contribution in [1.82, 2.24) is 10.1 Å². The first-order chi connectivity index (χ1) is 9.04. The van der Waals surface area contributed by atoms with Crippen LogP contribution >= 0.6 is 0 Å². The molecule has 0 saturated heterocycles. The molecule has 1 aromatic carbocycles. The molecule has 1 atom stereocenters. The molecule has 1 N–H and O–H groups in total. The van der Waals surface area contributed by atoms with Gasteiger partial charge in [0.05, 0.1) is 5.92 Å². The van der Waals surface area contributed by atoms with E-state index < -0.39 is 12.0 Å². The van der Waals surface area contributed by atoms with Gasteiger partial charge in [0, 0.05) is 12.2 Å². The second-order valence-corrected chi connectivity index (χ2v) is 4.39. The van der Waals surface area contributed by atoms with Crippen LogP contribution in [0.3, 0.4) is 0 Å². The molecular weight excluding hydrogens is 259 g/mol. The Balaban J connectivity index is 1.83. The number of para-hydroxylation sites is 1. The summed E-state index contributed by atoms with van der Waals surface area (Å²) in [5.41, 5.74) is 2.03. The standard InChI is InChI=1S/C12H10F3N3O/c13-12(14,15)11-17-10(19-18-11)8-5-7-3-1-2-4-9(7)16-6-8/h1-4,8,16H,5-6H2. The van der Waals surface area contributed by atoms with Gasteiger partial charge in [-0.3, -0.25) is 0 Å². The second-order valence-electron chi connectivity index (χ2n) is 4.39. The van der Waals surface area contributed by atoms with Gasteiger partial charge in [0.25, 0.3) is 5.82 Å². The van der Waals surface area contributed by atoms with Crippen LogP contribution < -0.4 is 5.32 Å². The molecule has 0 amide bonds. The number of rotatable bonds is 1. The van der Waals surface area contributed by atoms with E-state index in [-0.39, 0.29) is 11.8 Å². The number of hydrogen-bond acceptors (Lipinski definition) is 4. The zero-order chi connectivity index (χ0) is 13.5. The van der Waals surface area contributed by atoms with E-state index in [0.717, 1.165) is 11.3 Å². The summed E-state index contributed by atoms with van der Waals surface area (Å²) in [7, 11) is 0. The normalized spacial score (nSPS) is 18.8. The maximum atomic E-state index is 12.4. The molecule has 0 saturated carbocycles. The van der Waals surface area contributed by atoms with Crippen molar-refractivity contribution in [2.75, 3.05) is 11.9 Å². The number of fused-ring (bicyclic) bond motifs is 1. The summed E-state index contributed by atoms with van der Waals surface area (Å²) in [5.74, 6) is -1.44. The van der Waals surface area contributed by atoms with Crippen molar-refractivity contribution in [1.29, 1.82) is 0 Å². The smallest absolute Gasteiger partial charge is 0.384 e. The lowest BCUT2D eigenvalue weighted by atomic mass is 9.94. The van der Waals surface area contributed by atoms with Crippen molar-refractivity contribution in [2.24, 2.45) is 0 Å². The average molecular weight is 269 g/mol. The summed E-state index contributed by atoms with van der Waals surface area (Å²) in [6.07, 6.45) is -3.98. The Kier molecular flexibility index (Phi) is 2.69. The van der Waals surface area contributed by atoms with Crippen LogP contribution in [-0.4, -0.2) is 16.7 Å². The van der Waals surface area contributed by atoms with Crippen molar-refractivity contribution in [3.63, 3.8) is 0 Å². The van der Waals surface area contributed by atoms with E-state index in [2.05, 4.69) is 15.5 Å². The van der Waals surface area contributed by atoms with E-state index in [0.29, 0.717) is 13.0 Å². The van der Waals surface area contributed by atoms with Gasteiger partial charge < -0.3 is 9.84 Å². The van der Waals surface area contributed by atoms with Gasteiger partial charge in [-0.2, -0.15) is 18.2 Å². The first-order valence-electron chi connectivity index (χ1n) is 5.76. The Morgan fingerprint density at radius 1 is 1.26 bits per heavy atom. The lowest BCUT2D eigenvalue weighted by Gasteiger charge is -2.23. The first kappa shape index (κ1) is 12.0. The molecule has 0 bridgehead atoms. The van der Waals surface area contributed by atoms with E-state index in [1.54, 1.807) is 0 Å². The number of halogens is 3. The third-order valence-corrected chi connectivity index (χ3v) is 3.07. The first-order valence-corrected chi connectivity index (χ1v) is 5.76. The summed E-state index contributed by atoms with van der Waals surface area (Å²) >= 11 is 0. The van der Waals surface area contributed by atoms with Crippen LogP contribution in [0.2, 0.25) is 0 Å². The number of nitrogens with zero attached hydrogens (tertiary/aromatic N) is 2. The SMILES string of the molecule is FC(F)(F)c1noc(C2CNc3ccccc3C2)n1. The largest absolute Gasteiger partial charge is 0.455 e. The zero-order valence-corrected chi connectivity index (χ0v) is 9.74. The van der Waals surface area contributed by atoms with E-state index in [1.165, 1.54) is 0 Å². The summed E-state index contributed by atoms with van der Waals surface area (Å²) in [4.78, 5) is 3.44. The molecule has 2 heterocycles. The highest BCUT2D eigenvalue weighted by atomic mass is 19.4. The lowest BCUT2D eigenvalue weighted by molar-refractivity contribution is -0.146. The molecule has 1 unspecified atom stereocenters. The molecule has 3 rings (SSSR count). The predicted molar refractivity (Wildman–Crippen MR) is 60.7 cm³/mol. The van der Waals surface area contributed by atoms with Crippen LogP contribution in [0.4, 0.5) is 18.9 Å². The Labute approximate surface area is 106 Å². The fraction of sp³-hybridized carbons (Fsp3) is 0.333. The van der Waals surface area contributed by atoms with Crippen molar-refractivity contribution in [3.05, 3.63) is 41.5 Å². The minimum Gasteiger partial charge on any atom is -0.384 e. The molecule has 2 aromatic rings. The van der Waals surface area contributed by atoms with Crippen LogP contribution in [0.25, 0.3) is 0 Å². The molecule has 0 aliphatic carbocycles. The van der Waals surface area contributed by atoms with E-state index in [9.17, 15) is 13.2 Å². The Morgan fingerprint density at radius 2 is 2.05 bits per heavy atom. The third kappa shape index (κ3) is 2.27. The van der Waals surface area contributed by atoms with Crippen molar-refractivity contribution in [2.45, 2.75) is 18.5 Å². The van der Waals surface area contributed by atoms with Gasteiger partial charge in [-0.05, 0) is 18.1 Å². The fourth-order valence-corrected chi connectivity index (χ4v) is 2.13. The van der Waals surface area contributed by atoms with Crippen LogP contribution in [0, 0.1) is 0 Å². The number of hydrogen-bond donors (Lipinski definition) is 1. The molecule has 19 heavy (non-hydrogen) atoms. The van der Waals surface area contributed by atoms with Gasteiger partial charge in [-0.25, -0.2) is 0 Å². The minimum atomic E-state index is -4.57. The molecular formula is C12H10F3N3O. The maximum Gasteiger partial charge on any atom is 0.455 e. The molecule has 4 nitrogen and oxygen atoms in total. The van der Waals surface area contributed by atoms with Gasteiger partial charge in [0.2, 0.25) is 5.89 Å². The summed E-state index contributed by atoms with van der Waals surface area (Å²) in [5, 5.41) is 6.13. The number of benzene rings is 1. The maximum absolute atomic E-state index is 12.4.